The number of amides is 1. The van der Waals surface area contributed by atoms with Crippen molar-refractivity contribution < 1.29 is 23.5 Å². The third kappa shape index (κ3) is 3.30. The molecular weight excluding hydrogens is 344 g/mol. The van der Waals surface area contributed by atoms with Crippen molar-refractivity contribution in [2.45, 2.75) is 6.92 Å². The summed E-state index contributed by atoms with van der Waals surface area (Å²) in [7, 11) is 0. The van der Waals surface area contributed by atoms with E-state index in [0.717, 1.165) is 4.68 Å². The van der Waals surface area contributed by atoms with E-state index in [1.54, 1.807) is 6.92 Å². The van der Waals surface area contributed by atoms with E-state index in [2.05, 4.69) is 10.4 Å². The Balaban J connectivity index is 1.88. The lowest BCUT2D eigenvalue weighted by molar-refractivity contribution is 0.0692. The fourth-order valence-corrected chi connectivity index (χ4v) is 2.48. The number of rotatable bonds is 4. The Labute approximate surface area is 146 Å². The summed E-state index contributed by atoms with van der Waals surface area (Å²) < 4.78 is 29.0. The van der Waals surface area contributed by atoms with Crippen molar-refractivity contribution in [2.24, 2.45) is 0 Å². The summed E-state index contributed by atoms with van der Waals surface area (Å²) >= 11 is 0. The molecule has 0 saturated carbocycles. The first-order valence-electron chi connectivity index (χ1n) is 7.52. The standard InChI is InChI=1S/C18H13F2N3O3/c1-10-8-13(19)16(14(20)9-10)23-7-6-15(22-23)21-17(24)11-4-2-3-5-12(11)18(25)26/h2-9H,1H3,(H,25,26)(H,21,22,24). The van der Waals surface area contributed by atoms with Crippen LogP contribution in [0, 0.1) is 18.6 Å². The number of hydrogen-bond acceptors (Lipinski definition) is 3. The molecule has 2 N–H and O–H groups in total. The zero-order valence-corrected chi connectivity index (χ0v) is 13.5. The van der Waals surface area contributed by atoms with Crippen LogP contribution in [0.25, 0.3) is 5.69 Å². The molecule has 1 heterocycles. The van der Waals surface area contributed by atoms with Crippen molar-refractivity contribution in [3.05, 3.63) is 77.0 Å². The second kappa shape index (κ2) is 6.75. The van der Waals surface area contributed by atoms with Gasteiger partial charge in [-0.15, -0.1) is 5.10 Å². The first-order valence-corrected chi connectivity index (χ1v) is 7.52. The van der Waals surface area contributed by atoms with Crippen LogP contribution in [-0.2, 0) is 0 Å². The molecule has 0 radical (unpaired) electrons. The molecule has 0 fully saturated rings. The second-order valence-corrected chi connectivity index (χ2v) is 5.53. The average Bonchev–Trinajstić information content (AvgIpc) is 3.01. The average molecular weight is 357 g/mol. The van der Waals surface area contributed by atoms with Gasteiger partial charge in [-0.25, -0.2) is 18.3 Å². The van der Waals surface area contributed by atoms with Gasteiger partial charge in [-0.1, -0.05) is 12.1 Å². The van der Waals surface area contributed by atoms with Crippen LogP contribution < -0.4 is 5.32 Å². The third-order valence-corrected chi connectivity index (χ3v) is 3.62. The largest absolute Gasteiger partial charge is 0.478 e. The molecule has 0 atom stereocenters. The summed E-state index contributed by atoms with van der Waals surface area (Å²) in [5.41, 5.74) is -0.168. The van der Waals surface area contributed by atoms with Gasteiger partial charge in [0.1, 0.15) is 5.69 Å². The van der Waals surface area contributed by atoms with Crippen LogP contribution in [0.15, 0.2) is 48.7 Å². The third-order valence-electron chi connectivity index (χ3n) is 3.62. The van der Waals surface area contributed by atoms with E-state index in [1.165, 1.54) is 48.7 Å². The minimum absolute atomic E-state index is 0.0227. The lowest BCUT2D eigenvalue weighted by Crippen LogP contribution is -2.16. The zero-order valence-electron chi connectivity index (χ0n) is 13.5. The van der Waals surface area contributed by atoms with Gasteiger partial charge in [0.15, 0.2) is 17.5 Å². The number of nitrogens with zero attached hydrogens (tertiary/aromatic N) is 2. The quantitative estimate of drug-likeness (QED) is 0.749. The maximum Gasteiger partial charge on any atom is 0.336 e. The van der Waals surface area contributed by atoms with E-state index in [9.17, 15) is 18.4 Å². The summed E-state index contributed by atoms with van der Waals surface area (Å²) in [6.45, 7) is 1.56. The molecule has 3 rings (SSSR count). The molecule has 0 bridgehead atoms. The maximum atomic E-state index is 14.0. The normalized spacial score (nSPS) is 10.6. The monoisotopic (exact) mass is 357 g/mol. The topological polar surface area (TPSA) is 84.2 Å². The number of nitrogens with one attached hydrogen (secondary N) is 1. The van der Waals surface area contributed by atoms with Crippen LogP contribution in [0.5, 0.6) is 0 Å². The highest BCUT2D eigenvalue weighted by atomic mass is 19.1. The molecular formula is C18H13F2N3O3. The first kappa shape index (κ1) is 17.3. The summed E-state index contributed by atoms with van der Waals surface area (Å²) in [6, 6.07) is 9.36. The van der Waals surface area contributed by atoms with Gasteiger partial charge < -0.3 is 10.4 Å². The van der Waals surface area contributed by atoms with Crippen molar-refractivity contribution in [3.63, 3.8) is 0 Å². The number of aromatic nitrogens is 2. The van der Waals surface area contributed by atoms with Gasteiger partial charge >= 0.3 is 5.97 Å². The molecule has 0 saturated heterocycles. The van der Waals surface area contributed by atoms with Gasteiger partial charge in [0.2, 0.25) is 0 Å². The van der Waals surface area contributed by atoms with Gasteiger partial charge in [-0.05, 0) is 36.8 Å². The fraction of sp³-hybridized carbons (Fsp3) is 0.0556. The predicted molar refractivity (Wildman–Crippen MR) is 89.6 cm³/mol. The van der Waals surface area contributed by atoms with E-state index in [1.807, 2.05) is 0 Å². The van der Waals surface area contributed by atoms with Crippen molar-refractivity contribution in [1.29, 1.82) is 0 Å². The summed E-state index contributed by atoms with van der Waals surface area (Å²) in [4.78, 5) is 23.5. The number of aryl methyl sites for hydroxylation is 1. The number of hydrogen-bond donors (Lipinski definition) is 2. The highest BCUT2D eigenvalue weighted by Crippen LogP contribution is 2.20. The molecule has 26 heavy (non-hydrogen) atoms. The SMILES string of the molecule is Cc1cc(F)c(-n2ccc(NC(=O)c3ccccc3C(=O)O)n2)c(F)c1. The van der Waals surface area contributed by atoms with Crippen LogP contribution in [0.3, 0.4) is 0 Å². The van der Waals surface area contributed by atoms with Gasteiger partial charge in [0.05, 0.1) is 11.1 Å². The van der Waals surface area contributed by atoms with Crippen molar-refractivity contribution >= 4 is 17.7 Å². The molecule has 1 aromatic heterocycles. The Hall–Kier alpha value is -3.55. The number of halogens is 2. The molecule has 6 nitrogen and oxygen atoms in total. The molecule has 8 heteroatoms. The Morgan fingerprint density at radius 2 is 1.69 bits per heavy atom. The van der Waals surface area contributed by atoms with Crippen LogP contribution in [0.2, 0.25) is 0 Å². The minimum atomic E-state index is -1.25. The molecule has 0 spiro atoms. The summed E-state index contributed by atoms with van der Waals surface area (Å²) in [5, 5.41) is 15.5. The Morgan fingerprint density at radius 1 is 1.08 bits per heavy atom. The van der Waals surface area contributed by atoms with Crippen LogP contribution in [-0.4, -0.2) is 26.8 Å². The highest BCUT2D eigenvalue weighted by Gasteiger charge is 2.18. The first-order chi connectivity index (χ1) is 12.4. The molecule has 0 unspecified atom stereocenters. The molecule has 0 aliphatic rings. The predicted octanol–water partition coefficient (Wildman–Crippen LogP) is 3.41. The smallest absolute Gasteiger partial charge is 0.336 e. The van der Waals surface area contributed by atoms with Crippen LogP contribution >= 0.6 is 0 Å². The number of carbonyl (C=O) groups is 2. The van der Waals surface area contributed by atoms with Crippen molar-refractivity contribution in [2.75, 3.05) is 5.32 Å². The Kier molecular flexibility index (Phi) is 4.49. The van der Waals surface area contributed by atoms with Gasteiger partial charge in [-0.3, -0.25) is 4.79 Å². The van der Waals surface area contributed by atoms with Crippen LogP contribution in [0.1, 0.15) is 26.3 Å². The number of carboxylic acid groups (broad SMARTS) is 1. The summed E-state index contributed by atoms with van der Waals surface area (Å²) in [6.07, 6.45) is 1.29. The minimum Gasteiger partial charge on any atom is -0.478 e. The highest BCUT2D eigenvalue weighted by molar-refractivity contribution is 6.10. The van der Waals surface area contributed by atoms with E-state index < -0.39 is 23.5 Å². The molecule has 1 amide bonds. The summed E-state index contributed by atoms with van der Waals surface area (Å²) in [5.74, 6) is -3.50. The number of carboxylic acids is 1. The van der Waals surface area contributed by atoms with Crippen LogP contribution in [0.4, 0.5) is 14.6 Å². The molecule has 0 aliphatic heterocycles. The molecule has 132 valence electrons. The van der Waals surface area contributed by atoms with Gasteiger partial charge in [0.25, 0.3) is 5.91 Å². The molecule has 2 aromatic carbocycles. The van der Waals surface area contributed by atoms with E-state index >= 15 is 0 Å². The lowest BCUT2D eigenvalue weighted by Gasteiger charge is -2.07. The number of carbonyl (C=O) groups excluding carboxylic acids is 1. The maximum absolute atomic E-state index is 14.0. The number of anilines is 1. The van der Waals surface area contributed by atoms with Crippen molar-refractivity contribution in [3.8, 4) is 5.69 Å². The fourth-order valence-electron chi connectivity index (χ4n) is 2.48. The lowest BCUT2D eigenvalue weighted by atomic mass is 10.1. The number of aromatic carboxylic acids is 1. The number of benzene rings is 2. The Bertz CT molecular complexity index is 991. The molecule has 0 aliphatic carbocycles. The van der Waals surface area contributed by atoms with Crippen molar-refractivity contribution in [1.82, 2.24) is 9.78 Å². The Morgan fingerprint density at radius 3 is 2.31 bits per heavy atom. The van der Waals surface area contributed by atoms with E-state index in [-0.39, 0.29) is 22.6 Å². The van der Waals surface area contributed by atoms with Gasteiger partial charge in [-0.2, -0.15) is 0 Å². The zero-order chi connectivity index (χ0) is 18.8. The van der Waals surface area contributed by atoms with Gasteiger partial charge in [0, 0.05) is 12.3 Å². The second-order valence-electron chi connectivity index (χ2n) is 5.53. The molecule has 3 aromatic rings. The van der Waals surface area contributed by atoms with E-state index in [0.29, 0.717) is 5.56 Å². The van der Waals surface area contributed by atoms with E-state index in [4.69, 9.17) is 5.11 Å².